The van der Waals surface area contributed by atoms with Crippen LogP contribution in [0.25, 0.3) is 0 Å². The fraction of sp³-hybridized carbons (Fsp3) is 0.476. The number of nitrogens with zero attached hydrogens (tertiary/aromatic N) is 4. The number of hydroxylamine groups is 1. The lowest BCUT2D eigenvalue weighted by Crippen LogP contribution is -2.66. The van der Waals surface area contributed by atoms with E-state index < -0.39 is 62.4 Å². The molecule has 0 saturated carbocycles. The van der Waals surface area contributed by atoms with Gasteiger partial charge in [-0.05, 0) is 25.0 Å². The van der Waals surface area contributed by atoms with Crippen molar-refractivity contribution in [1.29, 1.82) is 0 Å². The standard InChI is InChI=1S/C21H25F2N5O8S/c1-26-11-13(9-24-26)36-19-15(22)7-14(8-16(19)23)37(32,33)27-10-12-3-4-17(18(27)20(29)25-31)28(12)21(30)35-6-5-34-2/h7-9,11-12,17-18,31H,3-6,10H2,1-2H3,(H,25,29)/t12-,17+,18-/m1/s1. The average Bonchev–Trinajstić information content (AvgIpc) is 3.41. The van der Waals surface area contributed by atoms with Gasteiger partial charge in [0.2, 0.25) is 10.0 Å². The van der Waals surface area contributed by atoms with Gasteiger partial charge < -0.3 is 14.2 Å². The highest BCUT2D eigenvalue weighted by molar-refractivity contribution is 7.89. The highest BCUT2D eigenvalue weighted by Gasteiger charge is 2.55. The third kappa shape index (κ3) is 5.09. The Bertz CT molecular complexity index is 1270. The molecule has 2 aromatic rings. The number of ether oxygens (including phenoxy) is 3. The molecule has 2 N–H and O–H groups in total. The van der Waals surface area contributed by atoms with Gasteiger partial charge in [0, 0.05) is 26.7 Å². The third-order valence-corrected chi connectivity index (χ3v) is 8.02. The zero-order chi connectivity index (χ0) is 26.9. The Morgan fingerprint density at radius 1 is 1.22 bits per heavy atom. The molecule has 0 spiro atoms. The molecule has 0 radical (unpaired) electrons. The maximum atomic E-state index is 14.8. The quantitative estimate of drug-likeness (QED) is 0.281. The van der Waals surface area contributed by atoms with Crippen LogP contribution in [0.4, 0.5) is 13.6 Å². The van der Waals surface area contributed by atoms with Crippen LogP contribution >= 0.6 is 0 Å². The predicted octanol–water partition coefficient (Wildman–Crippen LogP) is 0.985. The van der Waals surface area contributed by atoms with E-state index in [1.807, 2.05) is 0 Å². The van der Waals surface area contributed by atoms with E-state index in [0.29, 0.717) is 18.6 Å². The lowest BCUT2D eigenvalue weighted by atomic mass is 10.1. The lowest BCUT2D eigenvalue weighted by Gasteiger charge is -2.44. The first kappa shape index (κ1) is 26.7. The number of methoxy groups -OCH3 is 1. The van der Waals surface area contributed by atoms with Crippen molar-refractivity contribution in [2.75, 3.05) is 26.9 Å². The number of carbonyl (C=O) groups excluding carboxylic acids is 2. The molecule has 0 aliphatic carbocycles. The lowest BCUT2D eigenvalue weighted by molar-refractivity contribution is -0.136. The van der Waals surface area contributed by atoms with Crippen molar-refractivity contribution in [3.63, 3.8) is 0 Å². The van der Waals surface area contributed by atoms with Gasteiger partial charge >= 0.3 is 6.09 Å². The second-order valence-electron chi connectivity index (χ2n) is 8.48. The molecule has 1 aromatic heterocycles. The van der Waals surface area contributed by atoms with E-state index in [1.54, 1.807) is 7.05 Å². The summed E-state index contributed by atoms with van der Waals surface area (Å²) in [5.74, 6) is -4.51. The molecule has 13 nitrogen and oxygen atoms in total. The molecule has 2 fully saturated rings. The average molecular weight is 546 g/mol. The van der Waals surface area contributed by atoms with Gasteiger partial charge in [0.25, 0.3) is 5.91 Å². The fourth-order valence-corrected chi connectivity index (χ4v) is 6.27. The number of aromatic nitrogens is 2. The summed E-state index contributed by atoms with van der Waals surface area (Å²) in [5, 5.41) is 13.1. The van der Waals surface area contributed by atoms with E-state index in [2.05, 4.69) is 5.10 Å². The molecule has 4 rings (SSSR count). The molecule has 3 heterocycles. The van der Waals surface area contributed by atoms with Gasteiger partial charge in [-0.3, -0.25) is 19.6 Å². The molecule has 2 aliphatic rings. The van der Waals surface area contributed by atoms with Crippen molar-refractivity contribution >= 4 is 22.0 Å². The number of piperazine rings is 1. The Hall–Kier alpha value is -3.34. The number of sulfonamides is 1. The second kappa shape index (κ2) is 10.6. The Labute approximate surface area is 210 Å². The van der Waals surface area contributed by atoms with Crippen LogP contribution in [-0.2, 0) is 31.3 Å². The van der Waals surface area contributed by atoms with Crippen molar-refractivity contribution in [3.05, 3.63) is 36.2 Å². The monoisotopic (exact) mass is 545 g/mol. The van der Waals surface area contributed by atoms with Crippen LogP contribution in [0.1, 0.15) is 12.8 Å². The molecule has 2 saturated heterocycles. The van der Waals surface area contributed by atoms with Crippen LogP contribution in [0.5, 0.6) is 11.5 Å². The van der Waals surface area contributed by atoms with E-state index in [4.69, 9.17) is 14.2 Å². The molecule has 0 unspecified atom stereocenters. The Balaban J connectivity index is 1.64. The smallest absolute Gasteiger partial charge is 0.410 e. The third-order valence-electron chi connectivity index (χ3n) is 6.19. The summed E-state index contributed by atoms with van der Waals surface area (Å²) in [4.78, 5) is 25.8. The molecule has 2 amide bonds. The summed E-state index contributed by atoms with van der Waals surface area (Å²) < 4.78 is 73.9. The maximum Gasteiger partial charge on any atom is 0.410 e. The molecule has 1 aromatic carbocycles. The van der Waals surface area contributed by atoms with Gasteiger partial charge in [-0.15, -0.1) is 0 Å². The number of fused-ring (bicyclic) bond motifs is 2. The molecular formula is C21H25F2N5O8S. The number of aryl methyl sites for hydroxylation is 1. The van der Waals surface area contributed by atoms with Crippen molar-refractivity contribution < 1.29 is 46.2 Å². The largest absolute Gasteiger partial charge is 0.448 e. The summed E-state index contributed by atoms with van der Waals surface area (Å²) in [6.45, 7) is -0.294. The van der Waals surface area contributed by atoms with E-state index in [-0.39, 0.29) is 31.9 Å². The predicted molar refractivity (Wildman–Crippen MR) is 119 cm³/mol. The minimum atomic E-state index is -4.68. The SMILES string of the molecule is COCCOC(=O)N1[C@@H]2CC[C@H]1[C@H](C(=O)NO)N(S(=O)(=O)c1cc(F)c(Oc3cnn(C)c3)c(F)c1)C2. The molecule has 3 atom stereocenters. The Morgan fingerprint density at radius 2 is 1.92 bits per heavy atom. The molecule has 202 valence electrons. The second-order valence-corrected chi connectivity index (χ2v) is 10.4. The first-order chi connectivity index (χ1) is 17.6. The number of amides is 2. The maximum absolute atomic E-state index is 14.8. The first-order valence-corrected chi connectivity index (χ1v) is 12.6. The summed E-state index contributed by atoms with van der Waals surface area (Å²) >= 11 is 0. The fourth-order valence-electron chi connectivity index (χ4n) is 4.59. The van der Waals surface area contributed by atoms with Gasteiger partial charge in [0.1, 0.15) is 12.6 Å². The van der Waals surface area contributed by atoms with Crippen molar-refractivity contribution in [2.45, 2.75) is 35.9 Å². The van der Waals surface area contributed by atoms with Crippen LogP contribution in [-0.4, -0.2) is 89.6 Å². The topological polar surface area (TPSA) is 153 Å². The highest BCUT2D eigenvalue weighted by atomic mass is 32.2. The normalized spacial score (nSPS) is 21.6. The van der Waals surface area contributed by atoms with Crippen molar-refractivity contribution in [3.8, 4) is 11.5 Å². The van der Waals surface area contributed by atoms with Crippen LogP contribution < -0.4 is 10.2 Å². The summed E-state index contributed by atoms with van der Waals surface area (Å²) in [6, 6.07) is -2.09. The number of halogens is 2. The summed E-state index contributed by atoms with van der Waals surface area (Å²) in [7, 11) is -1.69. The van der Waals surface area contributed by atoms with Gasteiger partial charge in [-0.25, -0.2) is 27.5 Å². The number of benzene rings is 1. The van der Waals surface area contributed by atoms with E-state index in [9.17, 15) is 32.0 Å². The number of rotatable bonds is 8. The molecule has 37 heavy (non-hydrogen) atoms. The molecular weight excluding hydrogens is 520 g/mol. The first-order valence-electron chi connectivity index (χ1n) is 11.1. The van der Waals surface area contributed by atoms with Gasteiger partial charge in [0.05, 0.1) is 29.9 Å². The zero-order valence-electron chi connectivity index (χ0n) is 19.8. The van der Waals surface area contributed by atoms with Gasteiger partial charge in [-0.2, -0.15) is 9.40 Å². The van der Waals surface area contributed by atoms with E-state index in [0.717, 1.165) is 4.31 Å². The zero-order valence-corrected chi connectivity index (χ0v) is 20.7. The van der Waals surface area contributed by atoms with Gasteiger partial charge in [0.15, 0.2) is 23.1 Å². The van der Waals surface area contributed by atoms with Crippen LogP contribution in [0.15, 0.2) is 29.4 Å². The minimum Gasteiger partial charge on any atom is -0.448 e. The number of hydrogen-bond donors (Lipinski definition) is 2. The van der Waals surface area contributed by atoms with Crippen LogP contribution in [0.2, 0.25) is 0 Å². The number of hydrogen-bond acceptors (Lipinski definition) is 9. The number of nitrogens with one attached hydrogen (secondary N) is 1. The van der Waals surface area contributed by atoms with Crippen molar-refractivity contribution in [2.24, 2.45) is 7.05 Å². The van der Waals surface area contributed by atoms with Crippen LogP contribution in [0.3, 0.4) is 0 Å². The summed E-state index contributed by atoms with van der Waals surface area (Å²) in [6.07, 6.45) is 2.38. The molecule has 2 bridgehead atoms. The van der Waals surface area contributed by atoms with Crippen LogP contribution in [0, 0.1) is 11.6 Å². The molecule has 2 aliphatic heterocycles. The van der Waals surface area contributed by atoms with Gasteiger partial charge in [-0.1, -0.05) is 0 Å². The molecule has 16 heteroatoms. The Kier molecular flexibility index (Phi) is 7.63. The minimum absolute atomic E-state index is 0.0284. The number of carbonyl (C=O) groups is 2. The van der Waals surface area contributed by atoms with Crippen molar-refractivity contribution in [1.82, 2.24) is 24.5 Å². The highest BCUT2D eigenvalue weighted by Crippen LogP contribution is 2.39. The van der Waals surface area contributed by atoms with E-state index >= 15 is 0 Å². The summed E-state index contributed by atoms with van der Waals surface area (Å²) in [5.41, 5.74) is 1.42. The van der Waals surface area contributed by atoms with E-state index in [1.165, 1.54) is 34.6 Å². The Morgan fingerprint density at radius 3 is 2.51 bits per heavy atom.